The van der Waals surface area contributed by atoms with Crippen LogP contribution in [-0.2, 0) is 0 Å². The van der Waals surface area contributed by atoms with E-state index in [0.29, 0.717) is 68.2 Å². The maximum Gasteiger partial charge on any atom is 0.168 e. The van der Waals surface area contributed by atoms with Crippen LogP contribution in [0.1, 0.15) is 11.1 Å². The predicted octanol–water partition coefficient (Wildman–Crippen LogP) is 17.3. The fourth-order valence-corrected chi connectivity index (χ4v) is 13.1. The first-order chi connectivity index (χ1) is 42.1. The molecule has 0 N–H and O–H groups in total. The standard InChI is InChI=1S/C74H45N11/c1-45-34-39-63-57(43-45)53-26-11-12-30-59(53)82(63)49-37-35-46(36-38-49)64-58(44-75)66(83-60-31-13-8-23-50(60)54-27-16-40-76-72(54)83)65(71-80-69(47-19-4-2-5-20-47)79-70(81-71)48-21-6-3-7-22-48)68(85-62-33-15-10-25-52(62)56-29-18-42-78-74(56)85)67(64)84-61-32-14-9-24-51(61)55-28-17-41-77-73(55)84/h2-43H,1H3. The Kier molecular flexibility index (Phi) is 10.6. The van der Waals surface area contributed by atoms with Crippen molar-refractivity contribution in [2.75, 3.05) is 0 Å². The lowest BCUT2D eigenvalue weighted by atomic mass is 9.90. The number of aryl methyl sites for hydroxylation is 1. The Morgan fingerprint density at radius 1 is 0.318 bits per heavy atom. The zero-order chi connectivity index (χ0) is 56.3. The Bertz CT molecular complexity index is 5410. The minimum atomic E-state index is 0.330. The van der Waals surface area contributed by atoms with Crippen molar-refractivity contribution in [1.29, 1.82) is 5.26 Å². The first-order valence-corrected chi connectivity index (χ1v) is 28.3. The molecule has 0 bridgehead atoms. The van der Waals surface area contributed by atoms with Crippen molar-refractivity contribution in [3.63, 3.8) is 0 Å². The van der Waals surface area contributed by atoms with E-state index in [9.17, 15) is 5.26 Å². The van der Waals surface area contributed by atoms with Crippen molar-refractivity contribution in [2.24, 2.45) is 0 Å². The molecule has 0 fully saturated rings. The molecule has 0 aliphatic rings. The molecule has 0 unspecified atom stereocenters. The third-order valence-corrected chi connectivity index (χ3v) is 16.7. The molecule has 396 valence electrons. The third-order valence-electron chi connectivity index (χ3n) is 16.7. The van der Waals surface area contributed by atoms with Crippen molar-refractivity contribution in [2.45, 2.75) is 6.92 Å². The highest BCUT2D eigenvalue weighted by Gasteiger charge is 2.36. The Hall–Kier alpha value is -11.9. The van der Waals surface area contributed by atoms with Crippen LogP contribution < -0.4 is 0 Å². The van der Waals surface area contributed by atoms with Gasteiger partial charge in [-0.05, 0) is 97.4 Å². The van der Waals surface area contributed by atoms with Gasteiger partial charge in [-0.15, -0.1) is 0 Å². The fraction of sp³-hybridized carbons (Fsp3) is 0.0135. The van der Waals surface area contributed by atoms with Gasteiger partial charge in [0.25, 0.3) is 0 Å². The second kappa shape index (κ2) is 18.9. The minimum Gasteiger partial charge on any atom is -0.309 e. The smallest absolute Gasteiger partial charge is 0.168 e. The van der Waals surface area contributed by atoms with Crippen LogP contribution in [0.4, 0.5) is 0 Å². The van der Waals surface area contributed by atoms with Gasteiger partial charge in [0.05, 0.1) is 55.8 Å². The number of benzene rings is 9. The molecule has 0 aliphatic heterocycles. The number of fused-ring (bicyclic) bond motifs is 12. The number of hydrogen-bond acceptors (Lipinski definition) is 7. The van der Waals surface area contributed by atoms with Crippen LogP contribution >= 0.6 is 0 Å². The minimum absolute atomic E-state index is 0.330. The zero-order valence-electron chi connectivity index (χ0n) is 45.7. The summed E-state index contributed by atoms with van der Waals surface area (Å²) in [6, 6.07) is 84.4. The topological polar surface area (TPSA) is 121 Å². The van der Waals surface area contributed by atoms with Crippen molar-refractivity contribution < 1.29 is 0 Å². The summed E-state index contributed by atoms with van der Waals surface area (Å²) in [5.74, 6) is 1.25. The fourth-order valence-electron chi connectivity index (χ4n) is 13.1. The molecule has 11 heteroatoms. The van der Waals surface area contributed by atoms with E-state index in [-0.39, 0.29) is 0 Å². The molecule has 0 saturated carbocycles. The van der Waals surface area contributed by atoms with Crippen LogP contribution in [0, 0.1) is 18.3 Å². The maximum atomic E-state index is 12.8. The first kappa shape index (κ1) is 47.9. The normalized spacial score (nSPS) is 11.8. The van der Waals surface area contributed by atoms with Gasteiger partial charge in [0.2, 0.25) is 0 Å². The van der Waals surface area contributed by atoms with Gasteiger partial charge in [0, 0.05) is 84.1 Å². The van der Waals surface area contributed by atoms with Gasteiger partial charge in [-0.2, -0.15) is 5.26 Å². The lowest BCUT2D eigenvalue weighted by molar-refractivity contribution is 1.02. The summed E-state index contributed by atoms with van der Waals surface area (Å²) in [5.41, 5.74) is 14.8. The number of nitrogens with zero attached hydrogens (tertiary/aromatic N) is 11. The Balaban J connectivity index is 1.14. The van der Waals surface area contributed by atoms with Gasteiger partial charge >= 0.3 is 0 Å². The number of nitriles is 1. The number of aromatic nitrogens is 10. The monoisotopic (exact) mass is 1090 g/mol. The number of para-hydroxylation sites is 4. The summed E-state index contributed by atoms with van der Waals surface area (Å²) in [6.07, 6.45) is 5.51. The van der Waals surface area contributed by atoms with Gasteiger partial charge in [-0.3, -0.25) is 13.7 Å². The summed E-state index contributed by atoms with van der Waals surface area (Å²) >= 11 is 0. The van der Waals surface area contributed by atoms with Crippen LogP contribution in [-0.4, -0.2) is 48.2 Å². The van der Waals surface area contributed by atoms with E-state index in [1.54, 1.807) is 0 Å². The molecule has 17 aromatic rings. The molecule has 0 atom stereocenters. The number of hydrogen-bond donors (Lipinski definition) is 0. The van der Waals surface area contributed by atoms with E-state index in [0.717, 1.165) is 82.3 Å². The third kappa shape index (κ3) is 7.19. The number of rotatable bonds is 8. The average molecular weight is 1090 g/mol. The van der Waals surface area contributed by atoms with Crippen molar-refractivity contribution >= 4 is 87.6 Å². The molecule has 9 aromatic carbocycles. The zero-order valence-corrected chi connectivity index (χ0v) is 45.7. The van der Waals surface area contributed by atoms with Gasteiger partial charge in [-0.1, -0.05) is 157 Å². The maximum absolute atomic E-state index is 12.8. The lowest BCUT2D eigenvalue weighted by Crippen LogP contribution is -2.15. The van der Waals surface area contributed by atoms with Gasteiger partial charge < -0.3 is 4.57 Å². The largest absolute Gasteiger partial charge is 0.309 e. The molecule has 8 heterocycles. The molecular formula is C74H45N11. The van der Waals surface area contributed by atoms with Crippen LogP contribution in [0.2, 0.25) is 0 Å². The molecule has 0 aliphatic carbocycles. The quantitative estimate of drug-likeness (QED) is 0.149. The van der Waals surface area contributed by atoms with Crippen molar-refractivity contribution in [3.8, 4) is 74.1 Å². The van der Waals surface area contributed by atoms with E-state index in [4.69, 9.17) is 29.9 Å². The predicted molar refractivity (Wildman–Crippen MR) is 342 cm³/mol. The highest BCUT2D eigenvalue weighted by atomic mass is 15.1. The molecule has 85 heavy (non-hydrogen) atoms. The summed E-state index contributed by atoms with van der Waals surface area (Å²) < 4.78 is 9.00. The van der Waals surface area contributed by atoms with E-state index in [1.807, 2.05) is 110 Å². The summed E-state index contributed by atoms with van der Waals surface area (Å²) in [6.45, 7) is 2.14. The molecule has 17 rings (SSSR count). The summed E-state index contributed by atoms with van der Waals surface area (Å²) in [7, 11) is 0. The van der Waals surface area contributed by atoms with Gasteiger partial charge in [-0.25, -0.2) is 29.9 Å². The Labute approximate surface area is 485 Å². The molecule has 8 aromatic heterocycles. The Morgan fingerprint density at radius 2 is 0.706 bits per heavy atom. The van der Waals surface area contributed by atoms with Crippen LogP contribution in [0.5, 0.6) is 0 Å². The molecule has 0 radical (unpaired) electrons. The van der Waals surface area contributed by atoms with Crippen LogP contribution in [0.15, 0.2) is 255 Å². The van der Waals surface area contributed by atoms with Gasteiger partial charge in [0.15, 0.2) is 17.5 Å². The van der Waals surface area contributed by atoms with E-state index < -0.39 is 0 Å². The van der Waals surface area contributed by atoms with Crippen molar-refractivity contribution in [3.05, 3.63) is 266 Å². The van der Waals surface area contributed by atoms with E-state index >= 15 is 0 Å². The Morgan fingerprint density at radius 3 is 1.19 bits per heavy atom. The summed E-state index contributed by atoms with van der Waals surface area (Å²) in [4.78, 5) is 32.5. The molecular weight excluding hydrogens is 1040 g/mol. The second-order valence-corrected chi connectivity index (χ2v) is 21.4. The van der Waals surface area contributed by atoms with Crippen molar-refractivity contribution in [1.82, 2.24) is 48.2 Å². The van der Waals surface area contributed by atoms with Crippen LogP contribution in [0.3, 0.4) is 0 Å². The lowest BCUT2D eigenvalue weighted by Gasteiger charge is -2.27. The second-order valence-electron chi connectivity index (χ2n) is 21.4. The first-order valence-electron chi connectivity index (χ1n) is 28.3. The summed E-state index contributed by atoms with van der Waals surface area (Å²) in [5, 5.41) is 20.9. The highest BCUT2D eigenvalue weighted by Crippen LogP contribution is 2.51. The van der Waals surface area contributed by atoms with E-state index in [2.05, 4.69) is 177 Å². The van der Waals surface area contributed by atoms with Gasteiger partial charge in [0.1, 0.15) is 23.0 Å². The van der Waals surface area contributed by atoms with E-state index in [1.165, 1.54) is 16.3 Å². The number of pyridine rings is 3. The molecule has 0 amide bonds. The SMILES string of the molecule is Cc1ccc2c(c1)c1ccccc1n2-c1ccc(-c2c(C#N)c(-n3c4ccccc4c4cccnc43)c(-c3nc(-c4ccccc4)nc(-c4ccccc4)n3)c(-n3c4ccccc4c4cccnc43)c2-n2c3ccccc3c3cccnc32)cc1. The highest BCUT2D eigenvalue weighted by molar-refractivity contribution is 6.15. The average Bonchev–Trinajstić information content (AvgIpc) is 2.75. The molecule has 0 spiro atoms. The molecule has 11 nitrogen and oxygen atoms in total. The van der Waals surface area contributed by atoms with Crippen LogP contribution in [0.25, 0.3) is 156 Å². The molecule has 0 saturated heterocycles.